The number of aryl methyl sites for hydroxylation is 1. The number of ether oxygens (including phenoxy) is 1. The van der Waals surface area contributed by atoms with Crippen molar-refractivity contribution >= 4 is 5.82 Å². The van der Waals surface area contributed by atoms with Gasteiger partial charge in [-0.2, -0.15) is 0 Å². The lowest BCUT2D eigenvalue weighted by Crippen LogP contribution is -2.17. The lowest BCUT2D eigenvalue weighted by atomic mass is 10.1. The minimum atomic E-state index is 0.693. The van der Waals surface area contributed by atoms with Crippen LogP contribution in [0.4, 0.5) is 5.82 Å². The molecule has 1 heterocycles. The molecular formula is C15H19N3O. The molecule has 0 saturated heterocycles. The number of benzene rings is 1. The number of aromatic nitrogens is 2. The lowest BCUT2D eigenvalue weighted by Gasteiger charge is -2.16. The van der Waals surface area contributed by atoms with Crippen molar-refractivity contribution in [1.29, 1.82) is 0 Å². The molecule has 0 atom stereocenters. The summed E-state index contributed by atoms with van der Waals surface area (Å²) in [5, 5.41) is 0. The first-order valence-corrected chi connectivity index (χ1v) is 6.35. The Morgan fingerprint density at radius 1 is 1.26 bits per heavy atom. The fourth-order valence-electron chi connectivity index (χ4n) is 1.85. The van der Waals surface area contributed by atoms with E-state index < -0.39 is 0 Å². The zero-order valence-electron chi connectivity index (χ0n) is 11.8. The zero-order valence-corrected chi connectivity index (χ0v) is 11.8. The normalized spacial score (nSPS) is 10.3. The zero-order chi connectivity index (χ0) is 13.8. The van der Waals surface area contributed by atoms with Crippen LogP contribution in [0.15, 0.2) is 30.5 Å². The summed E-state index contributed by atoms with van der Waals surface area (Å²) in [6.07, 6.45) is 1.78. The molecule has 0 aliphatic carbocycles. The topological polar surface area (TPSA) is 38.2 Å². The molecule has 0 aliphatic rings. The Labute approximate surface area is 114 Å². The summed E-state index contributed by atoms with van der Waals surface area (Å²) in [5.74, 6) is 2.40. The van der Waals surface area contributed by atoms with Crippen LogP contribution in [-0.4, -0.2) is 30.7 Å². The van der Waals surface area contributed by atoms with E-state index in [4.69, 9.17) is 4.74 Å². The summed E-state index contributed by atoms with van der Waals surface area (Å²) >= 11 is 0. The van der Waals surface area contributed by atoms with Crippen molar-refractivity contribution < 1.29 is 4.74 Å². The molecule has 0 spiro atoms. The number of nitrogens with zero attached hydrogens (tertiary/aromatic N) is 3. The summed E-state index contributed by atoms with van der Waals surface area (Å²) in [7, 11) is 3.68. The second-order valence-corrected chi connectivity index (χ2v) is 4.46. The largest absolute Gasteiger partial charge is 0.496 e. The molecule has 0 fully saturated rings. The summed E-state index contributed by atoms with van der Waals surface area (Å²) in [6.45, 7) is 5.04. The number of hydrogen-bond acceptors (Lipinski definition) is 4. The highest BCUT2D eigenvalue weighted by Gasteiger charge is 2.10. The van der Waals surface area contributed by atoms with Crippen molar-refractivity contribution in [2.45, 2.75) is 13.8 Å². The quantitative estimate of drug-likeness (QED) is 0.844. The van der Waals surface area contributed by atoms with Crippen molar-refractivity contribution in [3.63, 3.8) is 0 Å². The van der Waals surface area contributed by atoms with E-state index in [2.05, 4.69) is 21.8 Å². The smallest absolute Gasteiger partial charge is 0.165 e. The molecule has 0 bridgehead atoms. The van der Waals surface area contributed by atoms with Gasteiger partial charge in [0.1, 0.15) is 11.6 Å². The fraction of sp³-hybridized carbons (Fsp3) is 0.333. The molecule has 0 amide bonds. The minimum absolute atomic E-state index is 0.693. The fourth-order valence-corrected chi connectivity index (χ4v) is 1.85. The van der Waals surface area contributed by atoms with Crippen molar-refractivity contribution in [2.75, 3.05) is 25.6 Å². The first kappa shape index (κ1) is 13.3. The standard InChI is InChI=1S/C15H19N3O/c1-5-18(3)14-8-9-16-15(17-14)12-10-11(2)6-7-13(12)19-4/h6-10H,5H2,1-4H3. The number of methoxy groups -OCH3 is 1. The SMILES string of the molecule is CCN(C)c1ccnc(-c2cc(C)ccc2OC)n1. The van der Waals surface area contributed by atoms with Gasteiger partial charge in [0.2, 0.25) is 0 Å². The van der Waals surface area contributed by atoms with Gasteiger partial charge in [-0.3, -0.25) is 0 Å². The molecule has 0 radical (unpaired) electrons. The van der Waals surface area contributed by atoms with Crippen molar-refractivity contribution in [3.8, 4) is 17.1 Å². The van der Waals surface area contributed by atoms with Gasteiger partial charge in [0.25, 0.3) is 0 Å². The average molecular weight is 257 g/mol. The summed E-state index contributed by atoms with van der Waals surface area (Å²) in [4.78, 5) is 11.0. The van der Waals surface area contributed by atoms with Gasteiger partial charge < -0.3 is 9.64 Å². The highest BCUT2D eigenvalue weighted by molar-refractivity contribution is 5.66. The van der Waals surface area contributed by atoms with E-state index in [9.17, 15) is 0 Å². The average Bonchev–Trinajstić information content (AvgIpc) is 2.46. The van der Waals surface area contributed by atoms with E-state index in [0.29, 0.717) is 5.82 Å². The highest BCUT2D eigenvalue weighted by atomic mass is 16.5. The maximum absolute atomic E-state index is 5.39. The monoisotopic (exact) mass is 257 g/mol. The maximum Gasteiger partial charge on any atom is 0.165 e. The van der Waals surface area contributed by atoms with E-state index in [-0.39, 0.29) is 0 Å². The third kappa shape index (κ3) is 2.84. The molecule has 100 valence electrons. The molecule has 0 unspecified atom stereocenters. The Bertz CT molecular complexity index is 569. The van der Waals surface area contributed by atoms with E-state index in [1.54, 1.807) is 13.3 Å². The van der Waals surface area contributed by atoms with Crippen molar-refractivity contribution in [3.05, 3.63) is 36.0 Å². The number of anilines is 1. The van der Waals surface area contributed by atoms with E-state index in [1.165, 1.54) is 0 Å². The molecule has 0 N–H and O–H groups in total. The Kier molecular flexibility index (Phi) is 4.00. The minimum Gasteiger partial charge on any atom is -0.496 e. The van der Waals surface area contributed by atoms with E-state index in [1.807, 2.05) is 38.2 Å². The first-order chi connectivity index (χ1) is 9.15. The summed E-state index contributed by atoms with van der Waals surface area (Å²) in [6, 6.07) is 7.92. The van der Waals surface area contributed by atoms with Crippen LogP contribution < -0.4 is 9.64 Å². The lowest BCUT2D eigenvalue weighted by molar-refractivity contribution is 0.416. The van der Waals surface area contributed by atoms with Gasteiger partial charge in [0, 0.05) is 19.8 Å². The van der Waals surface area contributed by atoms with Gasteiger partial charge in [-0.15, -0.1) is 0 Å². The van der Waals surface area contributed by atoms with Crippen LogP contribution in [0.3, 0.4) is 0 Å². The van der Waals surface area contributed by atoms with Crippen LogP contribution >= 0.6 is 0 Å². The first-order valence-electron chi connectivity index (χ1n) is 6.35. The third-order valence-corrected chi connectivity index (χ3v) is 3.10. The Hall–Kier alpha value is -2.10. The van der Waals surface area contributed by atoms with Crippen LogP contribution in [0.25, 0.3) is 11.4 Å². The maximum atomic E-state index is 5.39. The van der Waals surface area contributed by atoms with Gasteiger partial charge in [-0.05, 0) is 32.0 Å². The summed E-state index contributed by atoms with van der Waals surface area (Å²) in [5.41, 5.74) is 2.09. The second kappa shape index (κ2) is 5.69. The van der Waals surface area contributed by atoms with Crippen molar-refractivity contribution in [2.24, 2.45) is 0 Å². The van der Waals surface area contributed by atoms with Crippen LogP contribution in [0.1, 0.15) is 12.5 Å². The molecule has 2 rings (SSSR count). The van der Waals surface area contributed by atoms with E-state index >= 15 is 0 Å². The molecule has 4 heteroatoms. The van der Waals surface area contributed by atoms with Gasteiger partial charge in [0.05, 0.1) is 12.7 Å². The van der Waals surface area contributed by atoms with Gasteiger partial charge in [-0.1, -0.05) is 11.6 Å². The van der Waals surface area contributed by atoms with Gasteiger partial charge >= 0.3 is 0 Å². The Morgan fingerprint density at radius 3 is 2.74 bits per heavy atom. The predicted molar refractivity (Wildman–Crippen MR) is 77.7 cm³/mol. The van der Waals surface area contributed by atoms with Crippen LogP contribution in [-0.2, 0) is 0 Å². The second-order valence-electron chi connectivity index (χ2n) is 4.46. The molecule has 2 aromatic rings. The van der Waals surface area contributed by atoms with Crippen molar-refractivity contribution in [1.82, 2.24) is 9.97 Å². The molecule has 1 aromatic heterocycles. The molecule has 0 saturated carbocycles. The molecular weight excluding hydrogens is 238 g/mol. The Balaban J connectivity index is 2.49. The van der Waals surface area contributed by atoms with Crippen LogP contribution in [0.2, 0.25) is 0 Å². The summed E-state index contributed by atoms with van der Waals surface area (Å²) < 4.78 is 5.39. The Morgan fingerprint density at radius 2 is 2.05 bits per heavy atom. The molecule has 0 aliphatic heterocycles. The van der Waals surface area contributed by atoms with Crippen LogP contribution in [0, 0.1) is 6.92 Å². The van der Waals surface area contributed by atoms with Gasteiger partial charge in [0.15, 0.2) is 5.82 Å². The number of rotatable bonds is 4. The predicted octanol–water partition coefficient (Wildman–Crippen LogP) is 2.92. The number of hydrogen-bond donors (Lipinski definition) is 0. The third-order valence-electron chi connectivity index (χ3n) is 3.10. The molecule has 19 heavy (non-hydrogen) atoms. The molecule has 1 aromatic carbocycles. The van der Waals surface area contributed by atoms with Crippen LogP contribution in [0.5, 0.6) is 5.75 Å². The van der Waals surface area contributed by atoms with E-state index in [0.717, 1.165) is 29.2 Å². The van der Waals surface area contributed by atoms with Gasteiger partial charge in [-0.25, -0.2) is 9.97 Å². The highest BCUT2D eigenvalue weighted by Crippen LogP contribution is 2.29. The molecule has 4 nitrogen and oxygen atoms in total.